The van der Waals surface area contributed by atoms with Crippen molar-refractivity contribution >= 4 is 17.3 Å². The molecule has 3 heterocycles. The summed E-state index contributed by atoms with van der Waals surface area (Å²) in [4.78, 5) is 4.56. The van der Waals surface area contributed by atoms with E-state index in [2.05, 4.69) is 39.5 Å². The Morgan fingerprint density at radius 3 is 3.24 bits per heavy atom. The van der Waals surface area contributed by atoms with Crippen LogP contribution in [0.5, 0.6) is 0 Å². The first kappa shape index (κ1) is 11.1. The summed E-state index contributed by atoms with van der Waals surface area (Å²) >= 11 is 2.08. The number of nitrogens with two attached hydrogens (primary N) is 1. The average Bonchev–Trinajstić information content (AvgIpc) is 2.99. The molecule has 0 saturated carbocycles. The lowest BCUT2D eigenvalue weighted by molar-refractivity contribution is 0.743. The molecule has 0 spiro atoms. The maximum absolute atomic E-state index is 5.74. The molecule has 0 amide bonds. The zero-order chi connectivity index (χ0) is 11.7. The third kappa shape index (κ3) is 2.07. The molecule has 0 aromatic carbocycles. The van der Waals surface area contributed by atoms with E-state index in [1.165, 1.54) is 30.0 Å². The molecule has 17 heavy (non-hydrogen) atoms. The first-order valence-corrected chi connectivity index (χ1v) is 7.19. The van der Waals surface area contributed by atoms with Gasteiger partial charge in [-0.25, -0.2) is 4.98 Å². The van der Waals surface area contributed by atoms with Crippen LogP contribution in [0.2, 0.25) is 0 Å². The number of hydrogen-bond acceptors (Lipinski definition) is 3. The maximum Gasteiger partial charge on any atom is 0.114 e. The molecule has 90 valence electrons. The first-order chi connectivity index (χ1) is 8.38. The molecular weight excluding hydrogens is 230 g/mol. The van der Waals surface area contributed by atoms with Gasteiger partial charge in [0, 0.05) is 24.4 Å². The van der Waals surface area contributed by atoms with Crippen LogP contribution in [0.4, 0.5) is 0 Å². The van der Waals surface area contributed by atoms with Crippen LogP contribution < -0.4 is 5.73 Å². The standard InChI is InChI=1S/C13H17N3S/c14-8-10-3-1-5-16-12(10)9-15-13(16)7-11-4-2-6-17-11/h1,3,5,9,11H,2,4,6-8,14H2. The zero-order valence-electron chi connectivity index (χ0n) is 9.80. The Bertz CT molecular complexity index is 514. The van der Waals surface area contributed by atoms with Crippen LogP contribution in [0.15, 0.2) is 24.5 Å². The van der Waals surface area contributed by atoms with E-state index in [0.29, 0.717) is 6.54 Å². The van der Waals surface area contributed by atoms with Gasteiger partial charge in [-0.1, -0.05) is 6.07 Å². The van der Waals surface area contributed by atoms with E-state index < -0.39 is 0 Å². The van der Waals surface area contributed by atoms with Crippen molar-refractivity contribution < 1.29 is 0 Å². The van der Waals surface area contributed by atoms with E-state index in [9.17, 15) is 0 Å². The molecule has 3 nitrogen and oxygen atoms in total. The Hall–Kier alpha value is -1.00. The second kappa shape index (κ2) is 4.70. The van der Waals surface area contributed by atoms with Gasteiger partial charge < -0.3 is 10.1 Å². The molecule has 1 aliphatic rings. The van der Waals surface area contributed by atoms with Gasteiger partial charge in [-0.05, 0) is 30.2 Å². The Balaban J connectivity index is 1.94. The summed E-state index contributed by atoms with van der Waals surface area (Å²) in [5.41, 5.74) is 8.08. The Kier molecular flexibility index (Phi) is 3.07. The van der Waals surface area contributed by atoms with Crippen LogP contribution in [-0.2, 0) is 13.0 Å². The highest BCUT2D eigenvalue weighted by atomic mass is 32.2. The van der Waals surface area contributed by atoms with Crippen molar-refractivity contribution in [2.45, 2.75) is 31.1 Å². The lowest BCUT2D eigenvalue weighted by Gasteiger charge is -2.08. The van der Waals surface area contributed by atoms with Crippen molar-refractivity contribution in [1.82, 2.24) is 9.38 Å². The molecule has 2 N–H and O–H groups in total. The Morgan fingerprint density at radius 1 is 1.53 bits per heavy atom. The van der Waals surface area contributed by atoms with Crippen molar-refractivity contribution in [1.29, 1.82) is 0 Å². The molecule has 1 fully saturated rings. The third-order valence-electron chi connectivity index (χ3n) is 3.39. The van der Waals surface area contributed by atoms with E-state index in [1.54, 1.807) is 0 Å². The zero-order valence-corrected chi connectivity index (χ0v) is 10.6. The van der Waals surface area contributed by atoms with Crippen molar-refractivity contribution in [3.8, 4) is 0 Å². The molecular formula is C13H17N3S. The topological polar surface area (TPSA) is 43.3 Å². The molecule has 4 heteroatoms. The summed E-state index contributed by atoms with van der Waals surface area (Å²) in [5.74, 6) is 2.48. The number of fused-ring (bicyclic) bond motifs is 1. The molecule has 1 aliphatic heterocycles. The molecule has 0 aliphatic carbocycles. The Morgan fingerprint density at radius 2 is 2.47 bits per heavy atom. The van der Waals surface area contributed by atoms with Crippen LogP contribution in [0.3, 0.4) is 0 Å². The average molecular weight is 247 g/mol. The fourth-order valence-corrected chi connectivity index (χ4v) is 3.73. The summed E-state index contributed by atoms with van der Waals surface area (Å²) in [6.07, 6.45) is 7.81. The van der Waals surface area contributed by atoms with E-state index in [0.717, 1.165) is 17.2 Å². The predicted molar refractivity (Wildman–Crippen MR) is 72.3 cm³/mol. The number of imidazole rings is 1. The molecule has 3 rings (SSSR count). The largest absolute Gasteiger partial charge is 0.326 e. The van der Waals surface area contributed by atoms with Crippen molar-refractivity contribution in [2.75, 3.05) is 5.75 Å². The molecule has 1 saturated heterocycles. The molecule has 1 atom stereocenters. The summed E-state index contributed by atoms with van der Waals surface area (Å²) in [7, 11) is 0. The minimum absolute atomic E-state index is 0.577. The van der Waals surface area contributed by atoms with E-state index in [1.807, 2.05) is 6.20 Å². The van der Waals surface area contributed by atoms with Crippen molar-refractivity contribution in [3.05, 3.63) is 35.9 Å². The van der Waals surface area contributed by atoms with Gasteiger partial charge in [0.05, 0.1) is 11.7 Å². The van der Waals surface area contributed by atoms with Crippen LogP contribution in [0, 0.1) is 0 Å². The van der Waals surface area contributed by atoms with Crippen molar-refractivity contribution in [2.24, 2.45) is 5.73 Å². The van der Waals surface area contributed by atoms with Gasteiger partial charge in [-0.2, -0.15) is 11.8 Å². The second-order valence-electron chi connectivity index (χ2n) is 4.51. The smallest absolute Gasteiger partial charge is 0.114 e. The van der Waals surface area contributed by atoms with E-state index >= 15 is 0 Å². The highest BCUT2D eigenvalue weighted by molar-refractivity contribution is 8.00. The Labute approximate surface area is 105 Å². The summed E-state index contributed by atoms with van der Waals surface area (Å²) < 4.78 is 2.20. The first-order valence-electron chi connectivity index (χ1n) is 6.14. The summed E-state index contributed by atoms with van der Waals surface area (Å²) in [6.45, 7) is 0.577. The second-order valence-corrected chi connectivity index (χ2v) is 5.91. The van der Waals surface area contributed by atoms with Gasteiger partial charge in [0.25, 0.3) is 0 Å². The number of pyridine rings is 1. The number of nitrogens with zero attached hydrogens (tertiary/aromatic N) is 2. The maximum atomic E-state index is 5.74. The van der Waals surface area contributed by atoms with Gasteiger partial charge in [-0.15, -0.1) is 0 Å². The molecule has 0 bridgehead atoms. The normalized spacial score (nSPS) is 20.2. The van der Waals surface area contributed by atoms with Crippen LogP contribution >= 0.6 is 11.8 Å². The molecule has 2 aromatic rings. The lowest BCUT2D eigenvalue weighted by Crippen LogP contribution is -2.06. The van der Waals surface area contributed by atoms with Gasteiger partial charge in [0.2, 0.25) is 0 Å². The van der Waals surface area contributed by atoms with Crippen LogP contribution in [0.1, 0.15) is 24.2 Å². The molecule has 2 aromatic heterocycles. The van der Waals surface area contributed by atoms with Gasteiger partial charge in [-0.3, -0.25) is 0 Å². The SMILES string of the molecule is NCc1cccn2c(CC3CCCS3)ncc12. The third-order valence-corrected chi connectivity index (χ3v) is 4.79. The van der Waals surface area contributed by atoms with Crippen molar-refractivity contribution in [3.63, 3.8) is 0 Å². The van der Waals surface area contributed by atoms with E-state index in [-0.39, 0.29) is 0 Å². The summed E-state index contributed by atoms with van der Waals surface area (Å²) in [5, 5.41) is 0.752. The fourth-order valence-electron chi connectivity index (χ4n) is 2.47. The number of thioether (sulfide) groups is 1. The van der Waals surface area contributed by atoms with Gasteiger partial charge >= 0.3 is 0 Å². The van der Waals surface area contributed by atoms with Crippen LogP contribution in [0.25, 0.3) is 5.52 Å². The lowest BCUT2D eigenvalue weighted by atomic mass is 10.2. The predicted octanol–water partition coefficient (Wildman–Crippen LogP) is 2.23. The van der Waals surface area contributed by atoms with Gasteiger partial charge in [0.15, 0.2) is 0 Å². The number of rotatable bonds is 3. The highest BCUT2D eigenvalue weighted by Crippen LogP contribution is 2.29. The monoisotopic (exact) mass is 247 g/mol. The molecule has 1 unspecified atom stereocenters. The minimum atomic E-state index is 0.577. The molecule has 0 radical (unpaired) electrons. The van der Waals surface area contributed by atoms with Gasteiger partial charge in [0.1, 0.15) is 5.82 Å². The number of aromatic nitrogens is 2. The minimum Gasteiger partial charge on any atom is -0.326 e. The fraction of sp³-hybridized carbons (Fsp3) is 0.462. The quantitative estimate of drug-likeness (QED) is 0.904. The van der Waals surface area contributed by atoms with E-state index in [4.69, 9.17) is 5.73 Å². The van der Waals surface area contributed by atoms with Crippen LogP contribution in [-0.4, -0.2) is 20.4 Å². The number of hydrogen-bond donors (Lipinski definition) is 1. The highest BCUT2D eigenvalue weighted by Gasteiger charge is 2.18. The summed E-state index contributed by atoms with van der Waals surface area (Å²) in [6, 6.07) is 4.13.